The second kappa shape index (κ2) is 6.41. The first-order valence-electron chi connectivity index (χ1n) is 6.98. The maximum atomic E-state index is 12.5. The van der Waals surface area contributed by atoms with Gasteiger partial charge in [-0.25, -0.2) is 4.98 Å². The lowest BCUT2D eigenvalue weighted by Gasteiger charge is -2.32. The molecule has 1 aliphatic heterocycles. The minimum atomic E-state index is 0.0178. The zero-order valence-corrected chi connectivity index (χ0v) is 13.2. The smallest absolute Gasteiger partial charge is 0.267 e. The highest BCUT2D eigenvalue weighted by Crippen LogP contribution is 2.28. The Morgan fingerprint density at radius 3 is 2.65 bits per heavy atom. The van der Waals surface area contributed by atoms with Gasteiger partial charge >= 0.3 is 0 Å². The molecule has 1 aromatic rings. The Morgan fingerprint density at radius 2 is 2.05 bits per heavy atom. The fraction of sp³-hybridized carbons (Fsp3) is 0.692. The maximum Gasteiger partial charge on any atom is 0.267 e. The molecule has 1 amide bonds. The van der Waals surface area contributed by atoms with Crippen LogP contribution in [0.4, 0.5) is 10.9 Å². The summed E-state index contributed by atoms with van der Waals surface area (Å²) in [6, 6.07) is 0. The molecule has 0 aliphatic carbocycles. The lowest BCUT2D eigenvalue weighted by atomic mass is 10.3. The van der Waals surface area contributed by atoms with E-state index in [1.165, 1.54) is 11.3 Å². The number of likely N-dealkylation sites (N-methyl/N-ethyl adjacent to an activating group) is 1. The number of rotatable bonds is 4. The summed E-state index contributed by atoms with van der Waals surface area (Å²) in [7, 11) is 4.05. The molecule has 0 bridgehead atoms. The number of piperazine rings is 1. The Morgan fingerprint density at radius 1 is 1.40 bits per heavy atom. The third-order valence-electron chi connectivity index (χ3n) is 3.51. The largest absolute Gasteiger partial charge is 0.382 e. The van der Waals surface area contributed by atoms with Gasteiger partial charge in [-0.05, 0) is 13.5 Å². The number of nitrogen functional groups attached to an aromatic ring is 1. The summed E-state index contributed by atoms with van der Waals surface area (Å²) in [5, 5.41) is 0.821. The molecule has 0 radical (unpaired) electrons. The zero-order chi connectivity index (χ0) is 14.7. The van der Waals surface area contributed by atoms with Gasteiger partial charge in [0.25, 0.3) is 5.91 Å². The molecule has 0 saturated carbocycles. The van der Waals surface area contributed by atoms with Crippen LogP contribution < -0.4 is 10.6 Å². The Labute approximate surface area is 124 Å². The van der Waals surface area contributed by atoms with Crippen LogP contribution >= 0.6 is 11.3 Å². The molecule has 1 aromatic heterocycles. The minimum absolute atomic E-state index is 0.0178. The van der Waals surface area contributed by atoms with Crippen LogP contribution in [0.5, 0.6) is 0 Å². The number of hydrogen-bond donors (Lipinski definition) is 1. The summed E-state index contributed by atoms with van der Waals surface area (Å²) in [6.07, 6.45) is 1.04. The normalized spacial score (nSPS) is 16.4. The molecule has 112 valence electrons. The van der Waals surface area contributed by atoms with Gasteiger partial charge in [-0.3, -0.25) is 4.79 Å². The number of nitrogens with two attached hydrogens (primary N) is 1. The standard InChI is InChI=1S/C13H23N5OS/c1-4-5-17(3)13-15-11(14)10(20-13)12(19)18-8-6-16(2)7-9-18/h4-9,14H2,1-3H3. The first kappa shape index (κ1) is 15.1. The first-order valence-corrected chi connectivity index (χ1v) is 7.79. The number of anilines is 2. The zero-order valence-electron chi connectivity index (χ0n) is 12.4. The van der Waals surface area contributed by atoms with E-state index in [2.05, 4.69) is 23.9 Å². The van der Waals surface area contributed by atoms with E-state index in [1.54, 1.807) is 0 Å². The molecule has 6 nitrogen and oxygen atoms in total. The Balaban J connectivity index is 2.10. The van der Waals surface area contributed by atoms with Gasteiger partial charge in [0.15, 0.2) is 5.13 Å². The van der Waals surface area contributed by atoms with E-state index in [-0.39, 0.29) is 5.91 Å². The number of hydrogen-bond acceptors (Lipinski definition) is 6. The van der Waals surface area contributed by atoms with E-state index in [9.17, 15) is 4.79 Å². The highest BCUT2D eigenvalue weighted by atomic mass is 32.1. The maximum absolute atomic E-state index is 12.5. The number of aromatic nitrogens is 1. The van der Waals surface area contributed by atoms with Gasteiger partial charge in [0.05, 0.1) is 0 Å². The van der Waals surface area contributed by atoms with Crippen LogP contribution in [0.1, 0.15) is 23.0 Å². The van der Waals surface area contributed by atoms with Gasteiger partial charge in [-0.15, -0.1) is 0 Å². The van der Waals surface area contributed by atoms with Gasteiger partial charge in [0, 0.05) is 39.8 Å². The highest BCUT2D eigenvalue weighted by Gasteiger charge is 2.25. The number of carbonyl (C=O) groups is 1. The molecule has 1 saturated heterocycles. The molecule has 1 aliphatic rings. The quantitative estimate of drug-likeness (QED) is 0.896. The number of amides is 1. The molecule has 7 heteroatoms. The summed E-state index contributed by atoms with van der Waals surface area (Å²) >= 11 is 1.40. The van der Waals surface area contributed by atoms with E-state index < -0.39 is 0 Å². The first-order chi connectivity index (χ1) is 9.52. The molecule has 2 N–H and O–H groups in total. The molecule has 1 fully saturated rings. The van der Waals surface area contributed by atoms with Crippen LogP contribution in [0.25, 0.3) is 0 Å². The Bertz CT molecular complexity index is 467. The monoisotopic (exact) mass is 297 g/mol. The van der Waals surface area contributed by atoms with Crippen LogP contribution in [0.3, 0.4) is 0 Å². The highest BCUT2D eigenvalue weighted by molar-refractivity contribution is 7.18. The molecule has 0 atom stereocenters. The van der Waals surface area contributed by atoms with E-state index in [0.717, 1.165) is 44.3 Å². The van der Waals surface area contributed by atoms with Crippen LogP contribution in [0, 0.1) is 0 Å². The molecule has 2 heterocycles. The van der Waals surface area contributed by atoms with Crippen molar-refractivity contribution in [1.82, 2.24) is 14.8 Å². The van der Waals surface area contributed by atoms with Crippen molar-refractivity contribution in [2.45, 2.75) is 13.3 Å². The van der Waals surface area contributed by atoms with Gasteiger partial charge < -0.3 is 20.4 Å². The van der Waals surface area contributed by atoms with Crippen molar-refractivity contribution in [3.05, 3.63) is 4.88 Å². The summed E-state index contributed by atoms with van der Waals surface area (Å²) < 4.78 is 0. The molecular formula is C13H23N5OS. The molecular weight excluding hydrogens is 274 g/mol. The van der Waals surface area contributed by atoms with E-state index in [0.29, 0.717) is 10.7 Å². The van der Waals surface area contributed by atoms with Gasteiger partial charge in [-0.2, -0.15) is 0 Å². The van der Waals surface area contributed by atoms with Crippen molar-refractivity contribution in [2.75, 3.05) is 57.5 Å². The summed E-state index contributed by atoms with van der Waals surface area (Å²) in [6.45, 7) is 6.36. The van der Waals surface area contributed by atoms with E-state index in [4.69, 9.17) is 5.73 Å². The average Bonchev–Trinajstić information content (AvgIpc) is 2.81. The Kier molecular flexibility index (Phi) is 4.82. The Hall–Kier alpha value is -1.34. The van der Waals surface area contributed by atoms with Gasteiger partial charge in [-0.1, -0.05) is 18.3 Å². The third-order valence-corrected chi connectivity index (χ3v) is 4.69. The summed E-state index contributed by atoms with van der Waals surface area (Å²) in [5.41, 5.74) is 5.92. The lowest BCUT2D eigenvalue weighted by molar-refractivity contribution is 0.0670. The summed E-state index contributed by atoms with van der Waals surface area (Å²) in [5.74, 6) is 0.376. The van der Waals surface area contributed by atoms with Crippen molar-refractivity contribution in [3.63, 3.8) is 0 Å². The second-order valence-electron chi connectivity index (χ2n) is 5.23. The topological polar surface area (TPSA) is 65.7 Å². The molecule has 0 unspecified atom stereocenters. The molecule has 0 aromatic carbocycles. The van der Waals surface area contributed by atoms with Crippen LogP contribution in [-0.2, 0) is 0 Å². The molecule has 0 spiro atoms. The van der Waals surface area contributed by atoms with Crippen molar-refractivity contribution in [1.29, 1.82) is 0 Å². The third kappa shape index (κ3) is 3.21. The predicted molar refractivity (Wildman–Crippen MR) is 83.5 cm³/mol. The SMILES string of the molecule is CCCN(C)c1nc(N)c(C(=O)N2CCN(C)CC2)s1. The van der Waals surface area contributed by atoms with E-state index in [1.807, 2.05) is 16.8 Å². The van der Waals surface area contributed by atoms with Crippen LogP contribution in [-0.4, -0.2) is 67.5 Å². The van der Waals surface area contributed by atoms with Gasteiger partial charge in [0.2, 0.25) is 0 Å². The number of thiazole rings is 1. The van der Waals surface area contributed by atoms with Crippen molar-refractivity contribution >= 4 is 28.2 Å². The molecule has 20 heavy (non-hydrogen) atoms. The van der Waals surface area contributed by atoms with Crippen molar-refractivity contribution < 1.29 is 4.79 Å². The van der Waals surface area contributed by atoms with Crippen molar-refractivity contribution in [3.8, 4) is 0 Å². The fourth-order valence-electron chi connectivity index (χ4n) is 2.22. The lowest BCUT2D eigenvalue weighted by Crippen LogP contribution is -2.47. The van der Waals surface area contributed by atoms with E-state index >= 15 is 0 Å². The van der Waals surface area contributed by atoms with Crippen LogP contribution in [0.2, 0.25) is 0 Å². The summed E-state index contributed by atoms with van der Waals surface area (Å²) in [4.78, 5) is 23.5. The molecule has 2 rings (SSSR count). The number of nitrogens with zero attached hydrogens (tertiary/aromatic N) is 4. The average molecular weight is 297 g/mol. The van der Waals surface area contributed by atoms with Crippen molar-refractivity contribution in [2.24, 2.45) is 0 Å². The second-order valence-corrected chi connectivity index (χ2v) is 6.21. The van der Waals surface area contributed by atoms with Crippen LogP contribution in [0.15, 0.2) is 0 Å². The number of carbonyl (C=O) groups excluding carboxylic acids is 1. The predicted octanol–water partition coefficient (Wildman–Crippen LogP) is 0.959. The minimum Gasteiger partial charge on any atom is -0.382 e. The fourth-order valence-corrected chi connectivity index (χ4v) is 3.16. The van der Waals surface area contributed by atoms with Gasteiger partial charge in [0.1, 0.15) is 10.7 Å².